The lowest BCUT2D eigenvalue weighted by molar-refractivity contribution is -0.130. The van der Waals surface area contributed by atoms with Crippen molar-refractivity contribution >= 4 is 5.91 Å². The van der Waals surface area contributed by atoms with Gasteiger partial charge in [0.1, 0.15) is 0 Å². The van der Waals surface area contributed by atoms with Crippen molar-refractivity contribution in [2.45, 2.75) is 43.6 Å². The fraction of sp³-hybridized carbons (Fsp3) is 0.429. The van der Waals surface area contributed by atoms with E-state index in [9.17, 15) is 4.79 Å². The second-order valence-corrected chi connectivity index (χ2v) is 7.11. The summed E-state index contributed by atoms with van der Waals surface area (Å²) in [5.74, 6) is 0.750. The third kappa shape index (κ3) is 3.45. The number of aromatic nitrogens is 1. The molecule has 2 fully saturated rings. The van der Waals surface area contributed by atoms with E-state index >= 15 is 0 Å². The Morgan fingerprint density at radius 2 is 1.88 bits per heavy atom. The predicted octanol–water partition coefficient (Wildman–Crippen LogP) is 3.32. The minimum atomic E-state index is -0.485. The Morgan fingerprint density at radius 1 is 1.12 bits per heavy atom. The van der Waals surface area contributed by atoms with E-state index in [0.29, 0.717) is 25.7 Å². The van der Waals surface area contributed by atoms with E-state index < -0.39 is 5.41 Å². The number of ether oxygens (including phenoxy) is 1. The molecule has 0 unspecified atom stereocenters. The van der Waals surface area contributed by atoms with Crippen LogP contribution in [-0.4, -0.2) is 24.1 Å². The number of benzene rings is 1. The molecule has 1 aliphatic heterocycles. The highest BCUT2D eigenvalue weighted by atomic mass is 16.5. The maximum atomic E-state index is 13.1. The van der Waals surface area contributed by atoms with Gasteiger partial charge in [-0.1, -0.05) is 36.4 Å². The standard InChI is InChI=1S/C21H24N2O2/c24-20(23-15-16-6-9-19(22-14-16)17-7-8-17)21(10-12-25-13-11-21)18-4-2-1-3-5-18/h1-6,9,14,17H,7-8,10-13,15H2,(H,23,24). The van der Waals surface area contributed by atoms with Crippen LogP contribution in [0.3, 0.4) is 0 Å². The van der Waals surface area contributed by atoms with Gasteiger partial charge in [-0.15, -0.1) is 0 Å². The Labute approximate surface area is 148 Å². The van der Waals surface area contributed by atoms with Gasteiger partial charge < -0.3 is 10.1 Å². The van der Waals surface area contributed by atoms with E-state index in [4.69, 9.17) is 4.74 Å². The first-order valence-electron chi connectivity index (χ1n) is 9.14. The lowest BCUT2D eigenvalue weighted by atomic mass is 9.73. The smallest absolute Gasteiger partial charge is 0.231 e. The third-order valence-electron chi connectivity index (χ3n) is 5.40. The van der Waals surface area contributed by atoms with Crippen molar-refractivity contribution in [2.24, 2.45) is 0 Å². The Balaban J connectivity index is 1.47. The summed E-state index contributed by atoms with van der Waals surface area (Å²) >= 11 is 0. The highest BCUT2D eigenvalue weighted by Crippen LogP contribution is 2.38. The predicted molar refractivity (Wildman–Crippen MR) is 96.2 cm³/mol. The molecule has 0 spiro atoms. The van der Waals surface area contributed by atoms with Crippen molar-refractivity contribution in [3.8, 4) is 0 Å². The van der Waals surface area contributed by atoms with Crippen LogP contribution in [0.5, 0.6) is 0 Å². The summed E-state index contributed by atoms with van der Waals surface area (Å²) in [6.45, 7) is 1.77. The molecule has 1 saturated carbocycles. The maximum Gasteiger partial charge on any atom is 0.231 e. The zero-order chi connectivity index (χ0) is 17.1. The van der Waals surface area contributed by atoms with Crippen LogP contribution in [0.1, 0.15) is 48.4 Å². The second kappa shape index (κ2) is 6.96. The zero-order valence-electron chi connectivity index (χ0n) is 14.4. The number of carbonyl (C=O) groups excluding carboxylic acids is 1. The van der Waals surface area contributed by atoms with E-state index in [0.717, 1.165) is 24.0 Å². The molecule has 4 heteroatoms. The number of nitrogens with one attached hydrogen (secondary N) is 1. The van der Waals surface area contributed by atoms with Gasteiger partial charge in [0, 0.05) is 37.6 Å². The molecule has 1 saturated heterocycles. The minimum Gasteiger partial charge on any atom is -0.381 e. The summed E-state index contributed by atoms with van der Waals surface area (Å²) in [5, 5.41) is 3.14. The summed E-state index contributed by atoms with van der Waals surface area (Å²) in [5.41, 5.74) is 2.83. The van der Waals surface area contributed by atoms with E-state index in [1.54, 1.807) is 0 Å². The van der Waals surface area contributed by atoms with Crippen LogP contribution in [0.25, 0.3) is 0 Å². The minimum absolute atomic E-state index is 0.0910. The summed E-state index contributed by atoms with van der Waals surface area (Å²) in [7, 11) is 0. The fourth-order valence-corrected chi connectivity index (χ4v) is 3.64. The molecule has 1 aliphatic carbocycles. The molecule has 0 bridgehead atoms. The fourth-order valence-electron chi connectivity index (χ4n) is 3.64. The largest absolute Gasteiger partial charge is 0.381 e. The molecule has 4 rings (SSSR count). The van der Waals surface area contributed by atoms with Crippen molar-refractivity contribution < 1.29 is 9.53 Å². The number of pyridine rings is 1. The number of hydrogen-bond acceptors (Lipinski definition) is 3. The lowest BCUT2D eigenvalue weighted by Gasteiger charge is -2.36. The van der Waals surface area contributed by atoms with Crippen molar-refractivity contribution in [3.63, 3.8) is 0 Å². The Bertz CT molecular complexity index is 717. The van der Waals surface area contributed by atoms with Crippen LogP contribution in [-0.2, 0) is 21.5 Å². The molecule has 0 atom stereocenters. The van der Waals surface area contributed by atoms with Gasteiger partial charge in [-0.3, -0.25) is 9.78 Å². The van der Waals surface area contributed by atoms with Crippen LogP contribution in [0.4, 0.5) is 0 Å². The van der Waals surface area contributed by atoms with Gasteiger partial charge in [-0.05, 0) is 42.9 Å². The number of amides is 1. The average Bonchev–Trinajstić information content (AvgIpc) is 3.53. The SMILES string of the molecule is O=C(NCc1ccc(C2CC2)nc1)C1(c2ccccc2)CCOCC1. The topological polar surface area (TPSA) is 51.2 Å². The highest BCUT2D eigenvalue weighted by molar-refractivity contribution is 5.88. The van der Waals surface area contributed by atoms with Crippen molar-refractivity contribution in [1.82, 2.24) is 10.3 Å². The molecule has 1 aromatic heterocycles. The Morgan fingerprint density at radius 3 is 2.52 bits per heavy atom. The molecule has 2 aromatic rings. The van der Waals surface area contributed by atoms with Crippen LogP contribution in [0.2, 0.25) is 0 Å². The zero-order valence-corrected chi connectivity index (χ0v) is 14.4. The molecule has 1 aromatic carbocycles. The van der Waals surface area contributed by atoms with E-state index in [2.05, 4.69) is 34.6 Å². The van der Waals surface area contributed by atoms with Gasteiger partial charge in [0.2, 0.25) is 5.91 Å². The second-order valence-electron chi connectivity index (χ2n) is 7.11. The van der Waals surface area contributed by atoms with Gasteiger partial charge in [0.25, 0.3) is 0 Å². The molecule has 1 amide bonds. The van der Waals surface area contributed by atoms with Gasteiger partial charge in [-0.25, -0.2) is 0 Å². The quantitative estimate of drug-likeness (QED) is 0.911. The van der Waals surface area contributed by atoms with Gasteiger partial charge in [0.05, 0.1) is 5.41 Å². The van der Waals surface area contributed by atoms with Crippen molar-refractivity contribution in [1.29, 1.82) is 0 Å². The number of rotatable bonds is 5. The first-order valence-corrected chi connectivity index (χ1v) is 9.14. The van der Waals surface area contributed by atoms with Gasteiger partial charge in [0.15, 0.2) is 0 Å². The highest BCUT2D eigenvalue weighted by Gasteiger charge is 2.41. The first-order chi connectivity index (χ1) is 12.3. The summed E-state index contributed by atoms with van der Waals surface area (Å²) < 4.78 is 5.51. The number of hydrogen-bond donors (Lipinski definition) is 1. The first kappa shape index (κ1) is 16.3. The Hall–Kier alpha value is -2.20. The van der Waals surface area contributed by atoms with Crippen LogP contribution in [0.15, 0.2) is 48.7 Å². The normalized spacial score (nSPS) is 19.4. The van der Waals surface area contributed by atoms with Crippen LogP contribution < -0.4 is 5.32 Å². The maximum absolute atomic E-state index is 13.1. The van der Waals surface area contributed by atoms with E-state index in [1.807, 2.05) is 24.4 Å². The van der Waals surface area contributed by atoms with Crippen LogP contribution in [0, 0.1) is 0 Å². The monoisotopic (exact) mass is 336 g/mol. The molecule has 2 aliphatic rings. The van der Waals surface area contributed by atoms with E-state index in [-0.39, 0.29) is 5.91 Å². The summed E-state index contributed by atoms with van der Waals surface area (Å²) in [6, 6.07) is 14.3. The molecule has 25 heavy (non-hydrogen) atoms. The summed E-state index contributed by atoms with van der Waals surface area (Å²) in [6.07, 6.45) is 5.85. The third-order valence-corrected chi connectivity index (χ3v) is 5.40. The van der Waals surface area contributed by atoms with Crippen LogP contribution >= 0.6 is 0 Å². The molecule has 130 valence electrons. The Kier molecular flexibility index (Phi) is 4.53. The average molecular weight is 336 g/mol. The van der Waals surface area contributed by atoms with Crippen molar-refractivity contribution in [3.05, 3.63) is 65.5 Å². The molecule has 1 N–H and O–H groups in total. The van der Waals surface area contributed by atoms with E-state index in [1.165, 1.54) is 18.5 Å². The molecule has 0 radical (unpaired) electrons. The molecular formula is C21H24N2O2. The number of nitrogens with zero attached hydrogens (tertiary/aromatic N) is 1. The molecule has 4 nitrogen and oxygen atoms in total. The molecular weight excluding hydrogens is 312 g/mol. The molecule has 2 heterocycles. The van der Waals surface area contributed by atoms with Gasteiger partial charge in [-0.2, -0.15) is 0 Å². The van der Waals surface area contributed by atoms with Crippen molar-refractivity contribution in [2.75, 3.05) is 13.2 Å². The van der Waals surface area contributed by atoms with Gasteiger partial charge >= 0.3 is 0 Å². The lowest BCUT2D eigenvalue weighted by Crippen LogP contribution is -2.47. The summed E-state index contributed by atoms with van der Waals surface area (Å²) in [4.78, 5) is 17.6. The number of carbonyl (C=O) groups is 1.